The molecule has 248 valence electrons. The second kappa shape index (κ2) is 10.6. The molecule has 10 aromatic rings. The highest BCUT2D eigenvalue weighted by Crippen LogP contribution is 2.59. The topological polar surface area (TPSA) is 19.1 Å². The molecule has 1 aliphatic carbocycles. The van der Waals surface area contributed by atoms with Crippen LogP contribution in [0, 0.1) is 0 Å². The largest absolute Gasteiger partial charge is 0.457 e. The molecule has 2 aliphatic rings. The van der Waals surface area contributed by atoms with Crippen molar-refractivity contribution in [2.24, 2.45) is 0 Å². The molecule has 0 radical (unpaired) electrons. The van der Waals surface area contributed by atoms with Gasteiger partial charge in [0.25, 0.3) is 0 Å². The van der Waals surface area contributed by atoms with Crippen LogP contribution in [-0.2, 0) is 11.8 Å². The van der Waals surface area contributed by atoms with Gasteiger partial charge in [0.05, 0.1) is 27.5 Å². The number of nitrogens with zero attached hydrogens (tertiary/aromatic N) is 2. The number of aromatic nitrogens is 2. The second-order valence-electron chi connectivity index (χ2n) is 14.4. The van der Waals surface area contributed by atoms with E-state index in [-0.39, 0.29) is 0 Å². The first-order valence-corrected chi connectivity index (χ1v) is 18.4. The fourth-order valence-corrected chi connectivity index (χ4v) is 9.75. The zero-order chi connectivity index (χ0) is 34.7. The molecule has 0 saturated heterocycles. The van der Waals surface area contributed by atoms with Crippen molar-refractivity contribution in [3.63, 3.8) is 0 Å². The van der Waals surface area contributed by atoms with Crippen LogP contribution in [0.2, 0.25) is 0 Å². The molecule has 53 heavy (non-hydrogen) atoms. The molecule has 0 N–H and O–H groups in total. The van der Waals surface area contributed by atoms with E-state index in [1.54, 1.807) is 0 Å². The first-order valence-electron chi connectivity index (χ1n) is 18.4. The van der Waals surface area contributed by atoms with E-state index in [9.17, 15) is 0 Å². The Labute approximate surface area is 306 Å². The lowest BCUT2D eigenvalue weighted by Crippen LogP contribution is -2.38. The highest BCUT2D eigenvalue weighted by molar-refractivity contribution is 6.10. The summed E-state index contributed by atoms with van der Waals surface area (Å²) >= 11 is 0. The van der Waals surface area contributed by atoms with Gasteiger partial charge in [0.1, 0.15) is 11.5 Å². The van der Waals surface area contributed by atoms with E-state index >= 15 is 0 Å². The lowest BCUT2D eigenvalue weighted by molar-refractivity contribution is 0.432. The number of para-hydroxylation sites is 5. The fraction of sp³-hybridized carbons (Fsp3) is 0.0400. The summed E-state index contributed by atoms with van der Waals surface area (Å²) in [6.45, 7) is 0. The molecule has 0 bridgehead atoms. The zero-order valence-corrected chi connectivity index (χ0v) is 28.8. The average Bonchev–Trinajstić information content (AvgIpc) is 3.74. The van der Waals surface area contributed by atoms with Crippen LogP contribution in [0.4, 0.5) is 0 Å². The number of benzene rings is 8. The Kier molecular flexibility index (Phi) is 5.76. The van der Waals surface area contributed by atoms with Gasteiger partial charge >= 0.3 is 0 Å². The minimum absolute atomic E-state index is 0.627. The molecular formula is C50H32N2O. The highest BCUT2D eigenvalue weighted by atomic mass is 16.5. The molecule has 8 aromatic carbocycles. The van der Waals surface area contributed by atoms with E-state index in [1.807, 2.05) is 0 Å². The van der Waals surface area contributed by atoms with Crippen molar-refractivity contribution in [1.82, 2.24) is 9.13 Å². The normalized spacial score (nSPS) is 15.7. The quantitative estimate of drug-likeness (QED) is 0.178. The van der Waals surface area contributed by atoms with E-state index in [4.69, 9.17) is 4.74 Å². The summed E-state index contributed by atoms with van der Waals surface area (Å²) < 4.78 is 11.7. The lowest BCUT2D eigenvalue weighted by Gasteiger charge is -2.46. The molecule has 0 saturated carbocycles. The number of hydrogen-bond donors (Lipinski definition) is 0. The SMILES string of the molecule is c1ccc2c(c1)Cc1ccc(-n3c4ccccc4c4ccccc43)cc1C21c2ccccc2Oc2ccc(-n3c4ccccc4c4ccccc43)cc21. The minimum atomic E-state index is -0.627. The van der Waals surface area contributed by atoms with Crippen molar-refractivity contribution in [2.45, 2.75) is 11.8 Å². The van der Waals surface area contributed by atoms with Gasteiger partial charge < -0.3 is 13.9 Å². The van der Waals surface area contributed by atoms with Gasteiger partial charge in [-0.2, -0.15) is 0 Å². The van der Waals surface area contributed by atoms with Gasteiger partial charge in [0, 0.05) is 44.0 Å². The van der Waals surface area contributed by atoms with E-state index in [2.05, 4.69) is 191 Å². The van der Waals surface area contributed by atoms with Crippen LogP contribution >= 0.6 is 0 Å². The predicted octanol–water partition coefficient (Wildman–Crippen LogP) is 12.3. The van der Waals surface area contributed by atoms with Crippen LogP contribution in [0.25, 0.3) is 55.0 Å². The van der Waals surface area contributed by atoms with Crippen molar-refractivity contribution in [1.29, 1.82) is 0 Å². The molecule has 1 aliphatic heterocycles. The summed E-state index contributed by atoms with van der Waals surface area (Å²) in [5.41, 5.74) is 14.1. The summed E-state index contributed by atoms with van der Waals surface area (Å²) in [6.07, 6.45) is 0.867. The maximum atomic E-state index is 6.89. The molecule has 1 atom stereocenters. The van der Waals surface area contributed by atoms with Crippen LogP contribution in [-0.4, -0.2) is 9.13 Å². The summed E-state index contributed by atoms with van der Waals surface area (Å²) in [7, 11) is 0. The zero-order valence-electron chi connectivity index (χ0n) is 28.8. The molecule has 2 aromatic heterocycles. The molecule has 3 heteroatoms. The van der Waals surface area contributed by atoms with Crippen molar-refractivity contribution in [2.75, 3.05) is 0 Å². The number of rotatable bonds is 2. The Hall–Kier alpha value is -6.84. The van der Waals surface area contributed by atoms with Crippen molar-refractivity contribution in [3.8, 4) is 22.9 Å². The predicted molar refractivity (Wildman–Crippen MR) is 216 cm³/mol. The van der Waals surface area contributed by atoms with Gasteiger partial charge in [-0.1, -0.05) is 121 Å². The van der Waals surface area contributed by atoms with Crippen LogP contribution in [0.1, 0.15) is 33.4 Å². The summed E-state index contributed by atoms with van der Waals surface area (Å²) in [5, 5.41) is 5.03. The first kappa shape index (κ1) is 28.8. The Morgan fingerprint density at radius 3 is 1.40 bits per heavy atom. The molecule has 0 fully saturated rings. The van der Waals surface area contributed by atoms with Crippen LogP contribution in [0.3, 0.4) is 0 Å². The van der Waals surface area contributed by atoms with Gasteiger partial charge in [0.2, 0.25) is 0 Å². The molecule has 1 unspecified atom stereocenters. The lowest BCUT2D eigenvalue weighted by atomic mass is 9.58. The number of fused-ring (bicyclic) bond motifs is 14. The second-order valence-corrected chi connectivity index (χ2v) is 14.4. The molecule has 3 heterocycles. The summed E-state index contributed by atoms with van der Waals surface area (Å²) in [4.78, 5) is 0. The Morgan fingerprint density at radius 2 is 0.792 bits per heavy atom. The van der Waals surface area contributed by atoms with E-state index in [0.29, 0.717) is 0 Å². The third kappa shape index (κ3) is 3.78. The van der Waals surface area contributed by atoms with Gasteiger partial charge in [-0.3, -0.25) is 0 Å². The van der Waals surface area contributed by atoms with E-state index in [1.165, 1.54) is 71.4 Å². The fourth-order valence-electron chi connectivity index (χ4n) is 9.75. The Morgan fingerprint density at radius 1 is 0.358 bits per heavy atom. The molecule has 3 nitrogen and oxygen atoms in total. The van der Waals surface area contributed by atoms with Crippen molar-refractivity contribution < 1.29 is 4.74 Å². The smallest absolute Gasteiger partial charge is 0.132 e. The maximum Gasteiger partial charge on any atom is 0.132 e. The molecule has 0 amide bonds. The summed E-state index contributed by atoms with van der Waals surface area (Å²) in [6, 6.07) is 66.8. The third-order valence-electron chi connectivity index (χ3n) is 11.9. The van der Waals surface area contributed by atoms with Crippen molar-refractivity contribution in [3.05, 3.63) is 215 Å². The Balaban J connectivity index is 1.21. The Bertz CT molecular complexity index is 2820. The van der Waals surface area contributed by atoms with E-state index < -0.39 is 5.41 Å². The first-order chi connectivity index (χ1) is 26.3. The van der Waals surface area contributed by atoms with Gasteiger partial charge in [-0.25, -0.2) is 0 Å². The van der Waals surface area contributed by atoms with E-state index in [0.717, 1.165) is 34.9 Å². The van der Waals surface area contributed by atoms with Gasteiger partial charge in [-0.05, 0) is 89.3 Å². The minimum Gasteiger partial charge on any atom is -0.457 e. The van der Waals surface area contributed by atoms with Gasteiger partial charge in [0.15, 0.2) is 0 Å². The van der Waals surface area contributed by atoms with Gasteiger partial charge in [-0.15, -0.1) is 0 Å². The standard InChI is InChI=1S/C50H32N2O/c1-6-18-40-32(13-1)29-33-25-26-34(51-44-20-8-2-14-36(44)37-15-3-9-21-45(37)51)30-42(33)50(40)41-19-7-12-24-48(41)53-49-28-27-35(31-43(49)50)52-46-22-10-4-16-38(46)39-17-5-11-23-47(39)52/h1-28,30-31H,29H2. The van der Waals surface area contributed by atoms with Crippen LogP contribution < -0.4 is 4.74 Å². The molecular weight excluding hydrogens is 645 g/mol. The highest BCUT2D eigenvalue weighted by Gasteiger charge is 2.49. The third-order valence-corrected chi connectivity index (χ3v) is 11.9. The molecule has 12 rings (SSSR count). The van der Waals surface area contributed by atoms with Crippen LogP contribution in [0.5, 0.6) is 11.5 Å². The van der Waals surface area contributed by atoms with Crippen LogP contribution in [0.15, 0.2) is 182 Å². The maximum absolute atomic E-state index is 6.89. The number of ether oxygens (including phenoxy) is 1. The molecule has 1 spiro atoms. The summed E-state index contributed by atoms with van der Waals surface area (Å²) in [5.74, 6) is 1.78. The monoisotopic (exact) mass is 676 g/mol. The average molecular weight is 677 g/mol. The number of hydrogen-bond acceptors (Lipinski definition) is 1. The van der Waals surface area contributed by atoms with Crippen molar-refractivity contribution >= 4 is 43.6 Å².